The van der Waals surface area contributed by atoms with Crippen molar-refractivity contribution in [1.29, 1.82) is 0 Å². The van der Waals surface area contributed by atoms with Crippen LogP contribution in [0.2, 0.25) is 0 Å². The van der Waals surface area contributed by atoms with Gasteiger partial charge in [-0.1, -0.05) is 44.9 Å². The highest BCUT2D eigenvalue weighted by molar-refractivity contribution is 8.00. The normalized spacial score (nSPS) is 36.0. The van der Waals surface area contributed by atoms with Crippen molar-refractivity contribution in [3.63, 3.8) is 0 Å². The van der Waals surface area contributed by atoms with Crippen LogP contribution in [0.25, 0.3) is 0 Å². The Morgan fingerprint density at radius 1 is 0.500 bits per heavy atom. The number of thioether (sulfide) groups is 1. The van der Waals surface area contributed by atoms with E-state index in [-0.39, 0.29) is 0 Å². The Hall–Kier alpha value is 0.350. The molecule has 14 heavy (non-hydrogen) atoms. The van der Waals surface area contributed by atoms with E-state index < -0.39 is 0 Å². The van der Waals surface area contributed by atoms with Crippen LogP contribution in [-0.2, 0) is 0 Å². The van der Waals surface area contributed by atoms with Crippen molar-refractivity contribution in [2.75, 3.05) is 0 Å². The summed E-state index contributed by atoms with van der Waals surface area (Å²) in [5, 5.41) is 2.06. The topological polar surface area (TPSA) is 0 Å². The quantitative estimate of drug-likeness (QED) is 0.557. The molecule has 2 aliphatic rings. The molecule has 0 spiro atoms. The molecule has 2 rings (SSSR count). The van der Waals surface area contributed by atoms with Gasteiger partial charge in [-0.3, -0.25) is 0 Å². The van der Waals surface area contributed by atoms with Gasteiger partial charge in [-0.05, 0) is 25.7 Å². The molecule has 2 heterocycles. The summed E-state index contributed by atoms with van der Waals surface area (Å²) < 4.78 is 0. The minimum Gasteiger partial charge on any atom is -0.155 e. The minimum absolute atomic E-state index is 1.03. The second kappa shape index (κ2) is 6.05. The van der Waals surface area contributed by atoms with Gasteiger partial charge < -0.3 is 0 Å². The van der Waals surface area contributed by atoms with Crippen molar-refractivity contribution in [2.45, 2.75) is 81.1 Å². The summed E-state index contributed by atoms with van der Waals surface area (Å²) >= 11 is 2.35. The maximum atomic E-state index is 2.35. The Morgan fingerprint density at radius 2 is 0.857 bits per heavy atom. The Morgan fingerprint density at radius 3 is 1.36 bits per heavy atom. The molecule has 1 heteroatoms. The van der Waals surface area contributed by atoms with Crippen LogP contribution >= 0.6 is 11.8 Å². The third-order valence-electron chi connectivity index (χ3n) is 3.74. The molecule has 0 aromatic carbocycles. The fourth-order valence-electron chi connectivity index (χ4n) is 2.85. The zero-order valence-corrected chi connectivity index (χ0v) is 10.2. The van der Waals surface area contributed by atoms with Gasteiger partial charge in [-0.2, -0.15) is 11.8 Å². The number of fused-ring (bicyclic) bond motifs is 2. The fraction of sp³-hybridized carbons (Fsp3) is 1.00. The lowest BCUT2D eigenvalue weighted by atomic mass is 10.1. The summed E-state index contributed by atoms with van der Waals surface area (Å²) in [6.07, 6.45) is 16.6. The molecule has 82 valence electrons. The first-order valence-corrected chi connectivity index (χ1v) is 7.55. The van der Waals surface area contributed by atoms with Gasteiger partial charge in [-0.25, -0.2) is 0 Å². The highest BCUT2D eigenvalue weighted by atomic mass is 32.2. The lowest BCUT2D eigenvalue weighted by molar-refractivity contribution is 0.556. The second-order valence-electron chi connectivity index (χ2n) is 5.01. The zero-order chi connectivity index (χ0) is 9.64. The molecule has 0 aromatic heterocycles. The van der Waals surface area contributed by atoms with E-state index in [4.69, 9.17) is 0 Å². The van der Waals surface area contributed by atoms with Crippen LogP contribution in [0.15, 0.2) is 0 Å². The zero-order valence-electron chi connectivity index (χ0n) is 9.34. The molecule has 0 radical (unpaired) electrons. The van der Waals surface area contributed by atoms with E-state index in [1.165, 1.54) is 70.6 Å². The second-order valence-corrected chi connectivity index (χ2v) is 6.62. The summed E-state index contributed by atoms with van der Waals surface area (Å²) in [5.74, 6) is 0. The molecule has 0 saturated carbocycles. The van der Waals surface area contributed by atoms with Crippen LogP contribution in [0.4, 0.5) is 0 Å². The highest BCUT2D eigenvalue weighted by Crippen LogP contribution is 2.36. The van der Waals surface area contributed by atoms with Crippen molar-refractivity contribution in [2.24, 2.45) is 0 Å². The molecular formula is C13H24S. The molecule has 2 fully saturated rings. The van der Waals surface area contributed by atoms with E-state index in [0.717, 1.165) is 10.5 Å². The van der Waals surface area contributed by atoms with Crippen molar-refractivity contribution in [3.8, 4) is 0 Å². The SMILES string of the molecule is C1CCCC2CCCCC(CCC1)S2. The largest absolute Gasteiger partial charge is 0.155 e. The molecule has 2 bridgehead atoms. The van der Waals surface area contributed by atoms with Crippen molar-refractivity contribution >= 4 is 11.8 Å². The molecule has 0 nitrogen and oxygen atoms in total. The average Bonchev–Trinajstić information content (AvgIpc) is 2.42. The summed E-state index contributed by atoms with van der Waals surface area (Å²) in [5.41, 5.74) is 0. The Balaban J connectivity index is 1.87. The van der Waals surface area contributed by atoms with Gasteiger partial charge in [0.1, 0.15) is 0 Å². The molecule has 0 N–H and O–H groups in total. The van der Waals surface area contributed by atoms with Crippen LogP contribution in [0.5, 0.6) is 0 Å². The molecule has 2 saturated heterocycles. The predicted molar refractivity (Wildman–Crippen MR) is 66.0 cm³/mol. The molecule has 2 aliphatic heterocycles. The van der Waals surface area contributed by atoms with Gasteiger partial charge in [0.15, 0.2) is 0 Å². The molecular weight excluding hydrogens is 188 g/mol. The number of hydrogen-bond acceptors (Lipinski definition) is 1. The standard InChI is InChI=1S/C13H24S/c1-2-4-8-12-10-6-7-11-13(14-12)9-5-3-1/h12-13H,1-11H2. The monoisotopic (exact) mass is 212 g/mol. The van der Waals surface area contributed by atoms with Crippen LogP contribution in [0.1, 0.15) is 70.6 Å². The van der Waals surface area contributed by atoms with E-state index in [0.29, 0.717) is 0 Å². The third-order valence-corrected chi connectivity index (χ3v) is 5.45. The van der Waals surface area contributed by atoms with Crippen molar-refractivity contribution < 1.29 is 0 Å². The highest BCUT2D eigenvalue weighted by Gasteiger charge is 2.20. The third kappa shape index (κ3) is 3.49. The lowest BCUT2D eigenvalue weighted by Gasteiger charge is -2.21. The molecule has 0 amide bonds. The van der Waals surface area contributed by atoms with E-state index in [9.17, 15) is 0 Å². The summed E-state index contributed by atoms with van der Waals surface area (Å²) in [7, 11) is 0. The molecule has 2 atom stereocenters. The fourth-order valence-corrected chi connectivity index (χ4v) is 4.61. The maximum Gasteiger partial charge on any atom is 0.00498 e. The molecule has 0 aromatic rings. The minimum atomic E-state index is 1.03. The van der Waals surface area contributed by atoms with E-state index in [2.05, 4.69) is 11.8 Å². The van der Waals surface area contributed by atoms with Crippen molar-refractivity contribution in [1.82, 2.24) is 0 Å². The summed E-state index contributed by atoms with van der Waals surface area (Å²) in [6.45, 7) is 0. The van der Waals surface area contributed by atoms with Gasteiger partial charge in [0.25, 0.3) is 0 Å². The lowest BCUT2D eigenvalue weighted by Crippen LogP contribution is -2.09. The molecule has 0 aliphatic carbocycles. The first-order valence-electron chi connectivity index (χ1n) is 6.60. The van der Waals surface area contributed by atoms with Gasteiger partial charge >= 0.3 is 0 Å². The first kappa shape index (κ1) is 10.9. The van der Waals surface area contributed by atoms with Crippen molar-refractivity contribution in [3.05, 3.63) is 0 Å². The Bertz CT molecular complexity index is 139. The van der Waals surface area contributed by atoms with E-state index in [1.54, 1.807) is 0 Å². The predicted octanol–water partition coefficient (Wildman–Crippen LogP) is 4.78. The van der Waals surface area contributed by atoms with Gasteiger partial charge in [-0.15, -0.1) is 0 Å². The summed E-state index contributed by atoms with van der Waals surface area (Å²) in [6, 6.07) is 0. The van der Waals surface area contributed by atoms with Crippen LogP contribution in [-0.4, -0.2) is 10.5 Å². The Labute approximate surface area is 93.2 Å². The van der Waals surface area contributed by atoms with Crippen LogP contribution in [0.3, 0.4) is 0 Å². The van der Waals surface area contributed by atoms with Crippen LogP contribution < -0.4 is 0 Å². The smallest absolute Gasteiger partial charge is 0.00498 e. The Kier molecular flexibility index (Phi) is 4.69. The van der Waals surface area contributed by atoms with E-state index >= 15 is 0 Å². The number of rotatable bonds is 0. The molecule has 2 unspecified atom stereocenters. The summed E-state index contributed by atoms with van der Waals surface area (Å²) in [4.78, 5) is 0. The van der Waals surface area contributed by atoms with Gasteiger partial charge in [0.2, 0.25) is 0 Å². The van der Waals surface area contributed by atoms with Gasteiger partial charge in [0.05, 0.1) is 0 Å². The maximum absolute atomic E-state index is 2.35. The van der Waals surface area contributed by atoms with Crippen LogP contribution in [0, 0.1) is 0 Å². The van der Waals surface area contributed by atoms with E-state index in [1.807, 2.05) is 0 Å². The number of hydrogen-bond donors (Lipinski definition) is 0. The average molecular weight is 212 g/mol. The first-order chi connectivity index (χ1) is 6.95. The van der Waals surface area contributed by atoms with Gasteiger partial charge in [0, 0.05) is 10.5 Å².